The molecule has 0 heterocycles. The lowest BCUT2D eigenvalue weighted by atomic mass is 9.88. The molecule has 0 unspecified atom stereocenters. The molecule has 0 aliphatic carbocycles. The van der Waals surface area contributed by atoms with Crippen LogP contribution in [0.25, 0.3) is 0 Å². The van der Waals surface area contributed by atoms with Crippen molar-refractivity contribution >= 4 is 0 Å². The van der Waals surface area contributed by atoms with Crippen LogP contribution in [0.1, 0.15) is 48.0 Å². The summed E-state index contributed by atoms with van der Waals surface area (Å²) in [5.74, 6) is 1.55. The second-order valence-corrected chi connectivity index (χ2v) is 4.44. The van der Waals surface area contributed by atoms with Crippen molar-refractivity contribution in [2.75, 3.05) is 0 Å². The van der Waals surface area contributed by atoms with Crippen LogP contribution in [0.3, 0.4) is 0 Å². The molecular weight excluding hydrogens is 146 g/mol. The fraction of sp³-hybridized carbons (Fsp3) is 1.00. The highest BCUT2D eigenvalue weighted by Gasteiger charge is 2.18. The third-order valence-electron chi connectivity index (χ3n) is 2.67. The summed E-state index contributed by atoms with van der Waals surface area (Å²) in [4.78, 5) is 0. The van der Waals surface area contributed by atoms with E-state index < -0.39 is 0 Å². The van der Waals surface area contributed by atoms with E-state index in [1.54, 1.807) is 0 Å². The second kappa shape index (κ2) is 5.58. The van der Waals surface area contributed by atoms with Crippen molar-refractivity contribution < 1.29 is 0 Å². The lowest BCUT2D eigenvalue weighted by Crippen LogP contribution is -2.40. The topological polar surface area (TPSA) is 12.0 Å². The first-order valence-corrected chi connectivity index (χ1v) is 5.25. The Morgan fingerprint density at radius 3 is 1.75 bits per heavy atom. The summed E-state index contributed by atoms with van der Waals surface area (Å²) >= 11 is 0. The Bertz CT molecular complexity index is 108. The molecule has 0 aromatic heterocycles. The molecule has 0 aromatic rings. The minimum absolute atomic E-state index is 0.608. The highest BCUT2D eigenvalue weighted by molar-refractivity contribution is 4.75. The first-order valence-electron chi connectivity index (χ1n) is 5.25. The van der Waals surface area contributed by atoms with Gasteiger partial charge in [-0.15, -0.1) is 0 Å². The van der Waals surface area contributed by atoms with Crippen molar-refractivity contribution in [3.8, 4) is 0 Å². The summed E-state index contributed by atoms with van der Waals surface area (Å²) in [7, 11) is 0. The standard InChI is InChI=1S/C11H25N/c1-7-11(12-9(4)5)10(6)8(2)3/h8-12H,7H2,1-6H3/t10-,11-/m1/s1. The first kappa shape index (κ1) is 12.0. The summed E-state index contributed by atoms with van der Waals surface area (Å²) in [6.45, 7) is 13.6. The van der Waals surface area contributed by atoms with E-state index in [2.05, 4.69) is 46.9 Å². The van der Waals surface area contributed by atoms with Gasteiger partial charge >= 0.3 is 0 Å². The van der Waals surface area contributed by atoms with E-state index in [1.165, 1.54) is 6.42 Å². The van der Waals surface area contributed by atoms with Crippen LogP contribution in [-0.4, -0.2) is 12.1 Å². The molecule has 0 amide bonds. The van der Waals surface area contributed by atoms with Crippen LogP contribution in [0.4, 0.5) is 0 Å². The molecule has 12 heavy (non-hydrogen) atoms. The van der Waals surface area contributed by atoms with Crippen molar-refractivity contribution in [3.63, 3.8) is 0 Å². The monoisotopic (exact) mass is 171 g/mol. The quantitative estimate of drug-likeness (QED) is 0.670. The summed E-state index contributed by atoms with van der Waals surface area (Å²) in [5, 5.41) is 3.61. The summed E-state index contributed by atoms with van der Waals surface area (Å²) in [5.41, 5.74) is 0. The largest absolute Gasteiger partial charge is 0.312 e. The van der Waals surface area contributed by atoms with Crippen LogP contribution in [0.15, 0.2) is 0 Å². The molecule has 0 saturated heterocycles. The Balaban J connectivity index is 3.96. The van der Waals surface area contributed by atoms with E-state index in [1.807, 2.05) is 0 Å². The molecule has 0 aliphatic rings. The van der Waals surface area contributed by atoms with Crippen molar-refractivity contribution in [1.29, 1.82) is 0 Å². The molecule has 0 bridgehead atoms. The number of hydrogen-bond acceptors (Lipinski definition) is 1. The average Bonchev–Trinajstić information content (AvgIpc) is 1.98. The van der Waals surface area contributed by atoms with Gasteiger partial charge in [0.05, 0.1) is 0 Å². The zero-order valence-corrected chi connectivity index (χ0v) is 9.52. The first-order chi connectivity index (χ1) is 5.49. The summed E-state index contributed by atoms with van der Waals surface area (Å²) in [6.07, 6.45) is 1.23. The molecule has 0 saturated carbocycles. The van der Waals surface area contributed by atoms with Gasteiger partial charge in [-0.1, -0.05) is 41.5 Å². The Morgan fingerprint density at radius 2 is 1.50 bits per heavy atom. The van der Waals surface area contributed by atoms with E-state index in [0.29, 0.717) is 12.1 Å². The van der Waals surface area contributed by atoms with Gasteiger partial charge in [0.25, 0.3) is 0 Å². The SMILES string of the molecule is CC[C@@H](NC(C)C)[C@H](C)C(C)C. The Kier molecular flexibility index (Phi) is 5.56. The minimum Gasteiger partial charge on any atom is -0.312 e. The minimum atomic E-state index is 0.608. The molecule has 74 valence electrons. The van der Waals surface area contributed by atoms with Crippen LogP contribution in [0, 0.1) is 11.8 Å². The summed E-state index contributed by atoms with van der Waals surface area (Å²) in [6, 6.07) is 1.29. The van der Waals surface area contributed by atoms with Crippen molar-refractivity contribution in [3.05, 3.63) is 0 Å². The number of nitrogens with one attached hydrogen (secondary N) is 1. The molecule has 0 aromatic carbocycles. The normalized spacial score (nSPS) is 17.0. The van der Waals surface area contributed by atoms with Gasteiger partial charge in [0.2, 0.25) is 0 Å². The highest BCUT2D eigenvalue weighted by atomic mass is 14.9. The number of hydrogen-bond donors (Lipinski definition) is 1. The lowest BCUT2D eigenvalue weighted by molar-refractivity contribution is 0.277. The van der Waals surface area contributed by atoms with Gasteiger partial charge in [-0.05, 0) is 18.3 Å². The Morgan fingerprint density at radius 1 is 1.00 bits per heavy atom. The zero-order valence-electron chi connectivity index (χ0n) is 9.52. The van der Waals surface area contributed by atoms with Gasteiger partial charge in [-0.25, -0.2) is 0 Å². The molecule has 0 radical (unpaired) electrons. The molecule has 0 fully saturated rings. The van der Waals surface area contributed by atoms with Gasteiger partial charge in [0, 0.05) is 12.1 Å². The van der Waals surface area contributed by atoms with E-state index in [-0.39, 0.29) is 0 Å². The fourth-order valence-corrected chi connectivity index (χ4v) is 1.53. The van der Waals surface area contributed by atoms with Gasteiger partial charge in [-0.2, -0.15) is 0 Å². The molecule has 0 rings (SSSR count). The lowest BCUT2D eigenvalue weighted by Gasteiger charge is -2.28. The van der Waals surface area contributed by atoms with Gasteiger partial charge in [-0.3, -0.25) is 0 Å². The molecule has 2 atom stereocenters. The third kappa shape index (κ3) is 4.10. The maximum Gasteiger partial charge on any atom is 0.00948 e. The Hall–Kier alpha value is -0.0400. The van der Waals surface area contributed by atoms with E-state index in [0.717, 1.165) is 11.8 Å². The maximum atomic E-state index is 3.61. The van der Waals surface area contributed by atoms with Gasteiger partial charge in [0.1, 0.15) is 0 Å². The molecule has 1 heteroatoms. The predicted octanol–water partition coefficient (Wildman–Crippen LogP) is 3.06. The molecule has 0 spiro atoms. The zero-order chi connectivity index (χ0) is 9.72. The van der Waals surface area contributed by atoms with Crippen LogP contribution in [0.2, 0.25) is 0 Å². The van der Waals surface area contributed by atoms with Crippen molar-refractivity contribution in [2.24, 2.45) is 11.8 Å². The van der Waals surface area contributed by atoms with E-state index in [4.69, 9.17) is 0 Å². The fourth-order valence-electron chi connectivity index (χ4n) is 1.53. The average molecular weight is 171 g/mol. The van der Waals surface area contributed by atoms with Crippen molar-refractivity contribution in [1.82, 2.24) is 5.32 Å². The van der Waals surface area contributed by atoms with Gasteiger partial charge in [0.15, 0.2) is 0 Å². The van der Waals surface area contributed by atoms with Crippen molar-refractivity contribution in [2.45, 2.75) is 60.0 Å². The van der Waals surface area contributed by atoms with Gasteiger partial charge < -0.3 is 5.32 Å². The molecule has 1 nitrogen and oxygen atoms in total. The predicted molar refractivity (Wildman–Crippen MR) is 56.4 cm³/mol. The smallest absolute Gasteiger partial charge is 0.00948 e. The Labute approximate surface area is 77.9 Å². The van der Waals surface area contributed by atoms with Crippen LogP contribution in [0.5, 0.6) is 0 Å². The highest BCUT2D eigenvalue weighted by Crippen LogP contribution is 2.17. The molecule has 1 N–H and O–H groups in total. The molecule has 0 aliphatic heterocycles. The number of rotatable bonds is 5. The van der Waals surface area contributed by atoms with Crippen LogP contribution in [-0.2, 0) is 0 Å². The second-order valence-electron chi connectivity index (χ2n) is 4.44. The summed E-state index contributed by atoms with van der Waals surface area (Å²) < 4.78 is 0. The third-order valence-corrected chi connectivity index (χ3v) is 2.67. The van der Waals surface area contributed by atoms with E-state index in [9.17, 15) is 0 Å². The van der Waals surface area contributed by atoms with Crippen LogP contribution >= 0.6 is 0 Å². The maximum absolute atomic E-state index is 3.61. The van der Waals surface area contributed by atoms with E-state index >= 15 is 0 Å². The molecular formula is C11H25N. The van der Waals surface area contributed by atoms with Crippen LogP contribution < -0.4 is 5.32 Å².